The van der Waals surface area contributed by atoms with Gasteiger partial charge in [-0.15, -0.1) is 0 Å². The predicted octanol–water partition coefficient (Wildman–Crippen LogP) is 3.34. The van der Waals surface area contributed by atoms with Crippen molar-refractivity contribution in [1.82, 2.24) is 5.32 Å². The number of rotatable bonds is 4. The van der Waals surface area contributed by atoms with Crippen LogP contribution in [0.1, 0.15) is 58.8 Å². The highest BCUT2D eigenvalue weighted by molar-refractivity contribution is 4.71. The predicted molar refractivity (Wildman–Crippen MR) is 58.9 cm³/mol. The Morgan fingerprint density at radius 2 is 1.77 bits per heavy atom. The molecule has 13 heavy (non-hydrogen) atoms. The zero-order valence-corrected chi connectivity index (χ0v) is 9.31. The van der Waals surface area contributed by atoms with Crippen LogP contribution in [-0.4, -0.2) is 12.6 Å². The molecule has 1 heteroatoms. The van der Waals surface area contributed by atoms with E-state index >= 15 is 0 Å². The molecule has 0 saturated heterocycles. The summed E-state index contributed by atoms with van der Waals surface area (Å²) in [4.78, 5) is 0. The van der Waals surface area contributed by atoms with E-state index in [2.05, 4.69) is 19.2 Å². The van der Waals surface area contributed by atoms with Crippen molar-refractivity contribution in [1.29, 1.82) is 0 Å². The molecule has 1 nitrogen and oxygen atoms in total. The summed E-state index contributed by atoms with van der Waals surface area (Å²) in [6.45, 7) is 5.84. The highest BCUT2D eigenvalue weighted by Gasteiger charge is 2.11. The van der Waals surface area contributed by atoms with Crippen LogP contribution in [0.3, 0.4) is 0 Å². The Morgan fingerprint density at radius 3 is 2.31 bits per heavy atom. The summed E-state index contributed by atoms with van der Waals surface area (Å²) in [7, 11) is 0. The quantitative estimate of drug-likeness (QED) is 0.659. The van der Waals surface area contributed by atoms with E-state index in [0.29, 0.717) is 0 Å². The van der Waals surface area contributed by atoms with Gasteiger partial charge in [0.15, 0.2) is 0 Å². The van der Waals surface area contributed by atoms with Crippen molar-refractivity contribution in [3.63, 3.8) is 0 Å². The van der Waals surface area contributed by atoms with Gasteiger partial charge in [-0.3, -0.25) is 0 Å². The summed E-state index contributed by atoms with van der Waals surface area (Å²) in [5.74, 6) is 0.850. The summed E-state index contributed by atoms with van der Waals surface area (Å²) in [5.41, 5.74) is 0. The average Bonchev–Trinajstić information content (AvgIpc) is 2.42. The summed E-state index contributed by atoms with van der Waals surface area (Å²) >= 11 is 0. The molecule has 0 aromatic carbocycles. The van der Waals surface area contributed by atoms with Crippen LogP contribution in [-0.2, 0) is 0 Å². The lowest BCUT2D eigenvalue weighted by atomic mass is 10.1. The van der Waals surface area contributed by atoms with Gasteiger partial charge in [0.05, 0.1) is 0 Å². The zero-order valence-electron chi connectivity index (χ0n) is 9.31. The molecule has 0 spiro atoms. The molecule has 1 atom stereocenters. The van der Waals surface area contributed by atoms with Gasteiger partial charge in [0, 0.05) is 6.04 Å². The van der Waals surface area contributed by atoms with E-state index in [4.69, 9.17) is 0 Å². The first kappa shape index (κ1) is 11.0. The molecule has 1 unspecified atom stereocenters. The number of hydrogen-bond donors (Lipinski definition) is 1. The number of nitrogens with one attached hydrogen (secondary N) is 1. The number of hydrogen-bond acceptors (Lipinski definition) is 1. The summed E-state index contributed by atoms with van der Waals surface area (Å²) in [6, 6.07) is 0.830. The van der Waals surface area contributed by atoms with E-state index < -0.39 is 0 Å². The molecule has 1 saturated carbocycles. The van der Waals surface area contributed by atoms with Crippen LogP contribution >= 0.6 is 0 Å². The van der Waals surface area contributed by atoms with Crippen molar-refractivity contribution >= 4 is 0 Å². The Balaban J connectivity index is 2.11. The highest BCUT2D eigenvalue weighted by Crippen LogP contribution is 2.17. The second-order valence-corrected chi connectivity index (χ2v) is 4.61. The summed E-state index contributed by atoms with van der Waals surface area (Å²) < 4.78 is 0. The van der Waals surface area contributed by atoms with E-state index in [0.717, 1.165) is 12.0 Å². The van der Waals surface area contributed by atoms with Crippen molar-refractivity contribution in [2.45, 2.75) is 64.8 Å². The lowest BCUT2D eigenvalue weighted by Gasteiger charge is -2.18. The molecule has 0 aromatic heterocycles. The minimum absolute atomic E-state index is 0.830. The van der Waals surface area contributed by atoms with Crippen molar-refractivity contribution in [2.75, 3.05) is 6.54 Å². The van der Waals surface area contributed by atoms with Crippen LogP contribution in [0.4, 0.5) is 0 Å². The van der Waals surface area contributed by atoms with Crippen molar-refractivity contribution in [3.05, 3.63) is 0 Å². The Bertz CT molecular complexity index is 114. The summed E-state index contributed by atoms with van der Waals surface area (Å²) in [5, 5.41) is 3.71. The van der Waals surface area contributed by atoms with Crippen molar-refractivity contribution in [3.8, 4) is 0 Å². The molecule has 0 aromatic rings. The molecule has 0 amide bonds. The van der Waals surface area contributed by atoms with Crippen LogP contribution in [0.5, 0.6) is 0 Å². The van der Waals surface area contributed by atoms with Gasteiger partial charge in [-0.2, -0.15) is 0 Å². The molecule has 0 aliphatic heterocycles. The first-order valence-corrected chi connectivity index (χ1v) is 6.06. The minimum Gasteiger partial charge on any atom is -0.314 e. The molecule has 0 heterocycles. The molecule has 0 radical (unpaired) electrons. The van der Waals surface area contributed by atoms with E-state index in [1.54, 1.807) is 0 Å². The second kappa shape index (κ2) is 6.42. The van der Waals surface area contributed by atoms with Gasteiger partial charge in [-0.25, -0.2) is 0 Å². The van der Waals surface area contributed by atoms with Gasteiger partial charge in [-0.1, -0.05) is 46.0 Å². The third kappa shape index (κ3) is 4.66. The maximum absolute atomic E-state index is 3.71. The molecule has 0 bridgehead atoms. The topological polar surface area (TPSA) is 12.0 Å². The fourth-order valence-corrected chi connectivity index (χ4v) is 2.00. The third-order valence-electron chi connectivity index (χ3n) is 3.31. The summed E-state index contributed by atoms with van der Waals surface area (Å²) in [6.07, 6.45) is 9.94. The first-order chi connectivity index (χ1) is 6.33. The Hall–Kier alpha value is -0.0400. The van der Waals surface area contributed by atoms with E-state index in [1.165, 1.54) is 51.5 Å². The van der Waals surface area contributed by atoms with Crippen LogP contribution in [0.2, 0.25) is 0 Å². The Morgan fingerprint density at radius 1 is 1.15 bits per heavy atom. The molecular weight excluding hydrogens is 158 g/mol. The smallest absolute Gasteiger partial charge is 0.00671 e. The zero-order chi connectivity index (χ0) is 9.52. The van der Waals surface area contributed by atoms with E-state index in [9.17, 15) is 0 Å². The molecule has 78 valence electrons. The van der Waals surface area contributed by atoms with Crippen LogP contribution in [0, 0.1) is 5.92 Å². The van der Waals surface area contributed by atoms with Gasteiger partial charge < -0.3 is 5.32 Å². The van der Waals surface area contributed by atoms with E-state index in [-0.39, 0.29) is 0 Å². The standard InChI is InChI=1S/C12H25N/c1-3-11(2)10-13-12-8-6-4-5-7-9-12/h11-13H,3-10H2,1-2H3. The second-order valence-electron chi connectivity index (χ2n) is 4.61. The van der Waals surface area contributed by atoms with Crippen LogP contribution in [0.25, 0.3) is 0 Å². The van der Waals surface area contributed by atoms with Gasteiger partial charge in [0.1, 0.15) is 0 Å². The lowest BCUT2D eigenvalue weighted by Crippen LogP contribution is -2.32. The largest absolute Gasteiger partial charge is 0.314 e. The average molecular weight is 183 g/mol. The van der Waals surface area contributed by atoms with Gasteiger partial charge in [-0.05, 0) is 25.3 Å². The molecule has 1 aliphatic rings. The molecule has 1 N–H and O–H groups in total. The Kier molecular flexibility index (Phi) is 5.45. The highest BCUT2D eigenvalue weighted by atomic mass is 14.9. The monoisotopic (exact) mass is 183 g/mol. The fourth-order valence-electron chi connectivity index (χ4n) is 2.00. The molecule has 1 rings (SSSR count). The van der Waals surface area contributed by atoms with E-state index in [1.807, 2.05) is 0 Å². The van der Waals surface area contributed by atoms with Gasteiger partial charge in [0.25, 0.3) is 0 Å². The molecular formula is C12H25N. The molecule has 1 aliphatic carbocycles. The van der Waals surface area contributed by atoms with Crippen molar-refractivity contribution in [2.24, 2.45) is 5.92 Å². The SMILES string of the molecule is CCC(C)CNC1CCCCCC1. The van der Waals surface area contributed by atoms with Crippen molar-refractivity contribution < 1.29 is 0 Å². The van der Waals surface area contributed by atoms with Crippen LogP contribution < -0.4 is 5.32 Å². The maximum atomic E-state index is 3.71. The normalized spacial score (nSPS) is 22.6. The Labute approximate surface area is 83.3 Å². The van der Waals surface area contributed by atoms with Gasteiger partial charge >= 0.3 is 0 Å². The maximum Gasteiger partial charge on any atom is 0.00671 e. The molecule has 1 fully saturated rings. The first-order valence-electron chi connectivity index (χ1n) is 6.06. The van der Waals surface area contributed by atoms with Gasteiger partial charge in [0.2, 0.25) is 0 Å². The van der Waals surface area contributed by atoms with Crippen LogP contribution in [0.15, 0.2) is 0 Å². The third-order valence-corrected chi connectivity index (χ3v) is 3.31. The minimum atomic E-state index is 0.830. The fraction of sp³-hybridized carbons (Fsp3) is 1.00. The lowest BCUT2D eigenvalue weighted by molar-refractivity contribution is 0.408.